The Labute approximate surface area is 142 Å². The number of aromatic nitrogens is 2. The minimum Gasteiger partial charge on any atom is -0.469 e. The van der Waals surface area contributed by atoms with Crippen LogP contribution in [0.1, 0.15) is 11.5 Å². The Morgan fingerprint density at radius 3 is 3.00 bits per heavy atom. The molecule has 3 heterocycles. The summed E-state index contributed by atoms with van der Waals surface area (Å²) in [7, 11) is 1.75. The molecule has 3 rings (SSSR count). The summed E-state index contributed by atoms with van der Waals surface area (Å²) in [5.41, 5.74) is 1.88. The van der Waals surface area contributed by atoms with Crippen LogP contribution in [0.4, 0.5) is 0 Å². The molecule has 0 fully saturated rings. The monoisotopic (exact) mass is 375 g/mol. The third-order valence-corrected chi connectivity index (χ3v) is 3.84. The predicted octanol–water partition coefficient (Wildman–Crippen LogP) is 2.60. The van der Waals surface area contributed by atoms with Crippen molar-refractivity contribution in [1.82, 2.24) is 20.0 Å². The van der Waals surface area contributed by atoms with Crippen molar-refractivity contribution in [1.29, 1.82) is 0 Å². The number of nitrogens with zero attached hydrogens (tertiary/aromatic N) is 3. The van der Waals surface area contributed by atoms with Gasteiger partial charge in [-0.25, -0.2) is 4.98 Å². The fourth-order valence-corrected chi connectivity index (χ4v) is 2.61. The Morgan fingerprint density at radius 2 is 2.22 bits per heavy atom. The smallest absolute Gasteiger partial charge is 0.191 e. The van der Waals surface area contributed by atoms with E-state index in [9.17, 15) is 0 Å². The summed E-state index contributed by atoms with van der Waals surface area (Å²) in [4.78, 5) is 8.77. The van der Waals surface area contributed by atoms with Gasteiger partial charge in [0, 0.05) is 36.9 Å². The first-order valence-electron chi connectivity index (χ1n) is 7.34. The number of pyridine rings is 1. The molecule has 0 aliphatic rings. The summed E-state index contributed by atoms with van der Waals surface area (Å²) in [6.45, 7) is 1.37. The molecule has 0 aliphatic heterocycles. The van der Waals surface area contributed by atoms with Crippen LogP contribution in [-0.4, -0.2) is 28.9 Å². The van der Waals surface area contributed by atoms with Gasteiger partial charge in [-0.2, -0.15) is 0 Å². The van der Waals surface area contributed by atoms with Crippen molar-refractivity contribution in [3.05, 3.63) is 58.8 Å². The average Bonchev–Trinajstić information content (AvgIpc) is 3.19. The molecule has 0 saturated carbocycles. The van der Waals surface area contributed by atoms with Crippen molar-refractivity contribution in [2.75, 3.05) is 13.6 Å². The second kappa shape index (κ2) is 7.32. The first kappa shape index (κ1) is 15.6. The van der Waals surface area contributed by atoms with Crippen molar-refractivity contribution in [3.8, 4) is 0 Å². The lowest BCUT2D eigenvalue weighted by atomic mass is 10.3. The fraction of sp³-hybridized carbons (Fsp3) is 0.250. The minimum absolute atomic E-state index is 0.611. The number of furan rings is 1. The molecule has 0 atom stereocenters. The van der Waals surface area contributed by atoms with Crippen LogP contribution in [0, 0.1) is 0 Å². The molecule has 0 unspecified atom stereocenters. The molecule has 0 radical (unpaired) electrons. The summed E-state index contributed by atoms with van der Waals surface area (Å²) >= 11 is 3.46. The number of imidazole rings is 1. The van der Waals surface area contributed by atoms with E-state index in [0.29, 0.717) is 6.54 Å². The third kappa shape index (κ3) is 4.13. The maximum absolute atomic E-state index is 5.30. The highest BCUT2D eigenvalue weighted by Crippen LogP contribution is 2.12. The number of halogens is 1. The number of hydrogen-bond donors (Lipinski definition) is 2. The van der Waals surface area contributed by atoms with Gasteiger partial charge in [-0.1, -0.05) is 0 Å². The van der Waals surface area contributed by atoms with E-state index in [4.69, 9.17) is 4.42 Å². The molecule has 6 nitrogen and oxygen atoms in total. The zero-order chi connectivity index (χ0) is 16.1. The Balaban J connectivity index is 1.52. The molecule has 0 aromatic carbocycles. The van der Waals surface area contributed by atoms with Gasteiger partial charge in [0.25, 0.3) is 0 Å². The molecular formula is C16H18BrN5O. The molecule has 0 saturated heterocycles. The van der Waals surface area contributed by atoms with Crippen LogP contribution in [0.25, 0.3) is 5.65 Å². The van der Waals surface area contributed by atoms with Crippen molar-refractivity contribution >= 4 is 27.5 Å². The molecule has 0 bridgehead atoms. The first-order chi connectivity index (χ1) is 11.2. The molecule has 3 aromatic heterocycles. The highest BCUT2D eigenvalue weighted by atomic mass is 79.9. The normalized spacial score (nSPS) is 11.8. The zero-order valence-corrected chi connectivity index (χ0v) is 14.4. The van der Waals surface area contributed by atoms with Gasteiger partial charge in [-0.3, -0.25) is 4.99 Å². The lowest BCUT2D eigenvalue weighted by Crippen LogP contribution is -2.37. The van der Waals surface area contributed by atoms with Gasteiger partial charge in [0.1, 0.15) is 11.4 Å². The predicted molar refractivity (Wildman–Crippen MR) is 93.5 cm³/mol. The van der Waals surface area contributed by atoms with Gasteiger partial charge in [-0.15, -0.1) is 0 Å². The Hall–Kier alpha value is -2.28. The van der Waals surface area contributed by atoms with E-state index < -0.39 is 0 Å². The molecule has 3 aromatic rings. The summed E-state index contributed by atoms with van der Waals surface area (Å²) in [6.07, 6.45) is 6.49. The fourth-order valence-electron chi connectivity index (χ4n) is 2.26. The molecule has 0 spiro atoms. The van der Waals surface area contributed by atoms with E-state index >= 15 is 0 Å². The van der Waals surface area contributed by atoms with Crippen LogP contribution >= 0.6 is 15.9 Å². The van der Waals surface area contributed by atoms with Crippen molar-refractivity contribution in [2.45, 2.75) is 13.0 Å². The van der Waals surface area contributed by atoms with Crippen LogP contribution in [0.15, 0.2) is 56.8 Å². The highest BCUT2D eigenvalue weighted by molar-refractivity contribution is 9.10. The van der Waals surface area contributed by atoms with Crippen molar-refractivity contribution in [3.63, 3.8) is 0 Å². The largest absolute Gasteiger partial charge is 0.469 e. The number of hydrogen-bond acceptors (Lipinski definition) is 3. The maximum atomic E-state index is 5.30. The SMILES string of the molecule is CN=C(NCCc1ccco1)NCc1cn2cc(Br)ccc2n1. The first-order valence-corrected chi connectivity index (χ1v) is 8.14. The molecule has 7 heteroatoms. The van der Waals surface area contributed by atoms with Gasteiger partial charge in [0.2, 0.25) is 0 Å². The zero-order valence-electron chi connectivity index (χ0n) is 12.8. The van der Waals surface area contributed by atoms with Crippen LogP contribution in [-0.2, 0) is 13.0 Å². The van der Waals surface area contributed by atoms with Crippen molar-refractivity contribution < 1.29 is 4.42 Å². The lowest BCUT2D eigenvalue weighted by molar-refractivity contribution is 0.507. The van der Waals surface area contributed by atoms with E-state index in [2.05, 4.69) is 36.5 Å². The second-order valence-electron chi connectivity index (χ2n) is 5.03. The molecule has 23 heavy (non-hydrogen) atoms. The van der Waals surface area contributed by atoms with E-state index in [0.717, 1.165) is 40.5 Å². The summed E-state index contributed by atoms with van der Waals surface area (Å²) < 4.78 is 8.32. The number of aliphatic imine (C=N–C) groups is 1. The van der Waals surface area contributed by atoms with Crippen LogP contribution in [0.2, 0.25) is 0 Å². The van der Waals surface area contributed by atoms with Gasteiger partial charge in [-0.05, 0) is 40.2 Å². The highest BCUT2D eigenvalue weighted by Gasteiger charge is 2.04. The minimum atomic E-state index is 0.611. The van der Waals surface area contributed by atoms with E-state index in [-0.39, 0.29) is 0 Å². The Kier molecular flexibility index (Phi) is 4.97. The van der Waals surface area contributed by atoms with E-state index in [1.54, 1.807) is 13.3 Å². The number of fused-ring (bicyclic) bond motifs is 1. The van der Waals surface area contributed by atoms with Crippen LogP contribution < -0.4 is 10.6 Å². The van der Waals surface area contributed by atoms with Crippen LogP contribution in [0.3, 0.4) is 0 Å². The van der Waals surface area contributed by atoms with E-state index in [1.165, 1.54) is 0 Å². The molecular weight excluding hydrogens is 358 g/mol. The number of guanidine groups is 1. The third-order valence-electron chi connectivity index (χ3n) is 3.37. The topological polar surface area (TPSA) is 66.9 Å². The maximum Gasteiger partial charge on any atom is 0.191 e. The van der Waals surface area contributed by atoms with Gasteiger partial charge >= 0.3 is 0 Å². The summed E-state index contributed by atoms with van der Waals surface area (Å²) in [5, 5.41) is 6.52. The number of rotatable bonds is 5. The van der Waals surface area contributed by atoms with Gasteiger partial charge < -0.3 is 19.5 Å². The molecule has 2 N–H and O–H groups in total. The number of nitrogens with one attached hydrogen (secondary N) is 2. The Morgan fingerprint density at radius 1 is 1.30 bits per heavy atom. The summed E-state index contributed by atoms with van der Waals surface area (Å²) in [5.74, 6) is 1.70. The Bertz CT molecular complexity index is 794. The molecule has 120 valence electrons. The quantitative estimate of drug-likeness (QED) is 0.531. The molecule has 0 amide bonds. The van der Waals surface area contributed by atoms with Crippen LogP contribution in [0.5, 0.6) is 0 Å². The molecule has 0 aliphatic carbocycles. The average molecular weight is 376 g/mol. The van der Waals surface area contributed by atoms with Crippen molar-refractivity contribution in [2.24, 2.45) is 4.99 Å². The standard InChI is InChI=1S/C16H18BrN5O/c1-18-16(19-7-6-14-3-2-8-23-14)20-9-13-11-22-10-12(17)4-5-15(22)21-13/h2-5,8,10-11H,6-7,9H2,1H3,(H2,18,19,20). The second-order valence-corrected chi connectivity index (χ2v) is 5.94. The van der Waals surface area contributed by atoms with Gasteiger partial charge in [0.05, 0.1) is 18.5 Å². The van der Waals surface area contributed by atoms with E-state index in [1.807, 2.05) is 41.1 Å². The lowest BCUT2D eigenvalue weighted by Gasteiger charge is -2.10. The van der Waals surface area contributed by atoms with Gasteiger partial charge in [0.15, 0.2) is 5.96 Å². The summed E-state index contributed by atoms with van der Waals surface area (Å²) in [6, 6.07) is 7.81.